The molecule has 2 atom stereocenters. The van der Waals surface area contributed by atoms with Gasteiger partial charge in [-0.3, -0.25) is 14.2 Å². The van der Waals surface area contributed by atoms with Gasteiger partial charge in [-0.2, -0.15) is 0 Å². The maximum absolute atomic E-state index is 12.6. The van der Waals surface area contributed by atoms with Gasteiger partial charge in [0.25, 0.3) is 7.82 Å². The van der Waals surface area contributed by atoms with Crippen LogP contribution in [-0.4, -0.2) is 70.0 Å². The molecule has 1 unspecified atom stereocenters. The zero-order valence-electron chi connectivity index (χ0n) is 30.5. The quantitative estimate of drug-likeness (QED) is 0.0227. The molecule has 0 saturated carbocycles. The second kappa shape index (κ2) is 30.3. The summed E-state index contributed by atoms with van der Waals surface area (Å²) in [6, 6.07) is 0. The van der Waals surface area contributed by atoms with Gasteiger partial charge in [0.2, 0.25) is 0 Å². The fraction of sp³-hybridized carbons (Fsp3) is 0.784. The molecule has 0 N–H and O–H groups in total. The third kappa shape index (κ3) is 33.9. The van der Waals surface area contributed by atoms with Gasteiger partial charge in [0.15, 0.2) is 6.10 Å². The molecule has 0 rings (SSSR count). The van der Waals surface area contributed by atoms with E-state index in [2.05, 4.69) is 50.3 Å². The van der Waals surface area contributed by atoms with Gasteiger partial charge in [-0.05, 0) is 44.9 Å². The minimum absolute atomic E-state index is 0.0346. The number of esters is 2. The summed E-state index contributed by atoms with van der Waals surface area (Å²) in [5.41, 5.74) is 0. The van der Waals surface area contributed by atoms with Crippen molar-refractivity contribution < 1.29 is 42.1 Å². The molecule has 0 heterocycles. The molecule has 0 saturated heterocycles. The first kappa shape index (κ1) is 45.2. The van der Waals surface area contributed by atoms with E-state index in [-0.39, 0.29) is 26.1 Å². The van der Waals surface area contributed by atoms with Crippen molar-refractivity contribution in [1.29, 1.82) is 0 Å². The average molecular weight is 686 g/mol. The number of rotatable bonds is 32. The summed E-state index contributed by atoms with van der Waals surface area (Å²) in [4.78, 5) is 37.2. The number of unbranched alkanes of at least 4 members (excludes halogenated alkanes) is 12. The highest BCUT2D eigenvalue weighted by molar-refractivity contribution is 7.45. The predicted octanol–water partition coefficient (Wildman–Crippen LogP) is 8.77. The molecular weight excluding hydrogens is 617 g/mol. The van der Waals surface area contributed by atoms with Gasteiger partial charge in [0.05, 0.1) is 27.7 Å². The molecule has 0 aromatic heterocycles. The van der Waals surface area contributed by atoms with Crippen molar-refractivity contribution in [2.75, 3.05) is 47.5 Å². The smallest absolute Gasteiger partial charge is 0.306 e. The van der Waals surface area contributed by atoms with Gasteiger partial charge in [0, 0.05) is 12.8 Å². The Bertz CT molecular complexity index is 913. The molecule has 0 aliphatic rings. The lowest BCUT2D eigenvalue weighted by Crippen LogP contribution is -2.37. The molecule has 0 aliphatic carbocycles. The van der Waals surface area contributed by atoms with E-state index < -0.39 is 32.5 Å². The fourth-order valence-corrected chi connectivity index (χ4v) is 5.28. The maximum atomic E-state index is 12.6. The SMILES string of the molecule is CC/C=C/C/C=C/C/C=C/CCCCCCCC(=O)O[C@H](COC(=O)CCCCCCCCCC)COP(=O)([O-])OCC[N+](C)(C)C. The highest BCUT2D eigenvalue weighted by Gasteiger charge is 2.21. The second-order valence-corrected chi connectivity index (χ2v) is 14.6. The first-order chi connectivity index (χ1) is 22.5. The van der Waals surface area contributed by atoms with E-state index in [1.165, 1.54) is 32.1 Å². The first-order valence-electron chi connectivity index (χ1n) is 18.2. The molecule has 0 bridgehead atoms. The van der Waals surface area contributed by atoms with Crippen LogP contribution in [0.25, 0.3) is 0 Å². The molecule has 274 valence electrons. The topological polar surface area (TPSA) is 111 Å². The molecule has 0 aromatic rings. The highest BCUT2D eigenvalue weighted by atomic mass is 31.2. The molecule has 9 nitrogen and oxygen atoms in total. The number of phosphoric ester groups is 1. The summed E-state index contributed by atoms with van der Waals surface area (Å²) in [6.07, 6.45) is 30.4. The molecule has 47 heavy (non-hydrogen) atoms. The largest absolute Gasteiger partial charge is 0.756 e. The number of carbonyl (C=O) groups is 2. The van der Waals surface area contributed by atoms with E-state index >= 15 is 0 Å². The minimum atomic E-state index is -4.61. The van der Waals surface area contributed by atoms with Crippen molar-refractivity contribution in [3.8, 4) is 0 Å². The van der Waals surface area contributed by atoms with Crippen molar-refractivity contribution in [3.63, 3.8) is 0 Å². The highest BCUT2D eigenvalue weighted by Crippen LogP contribution is 2.38. The summed E-state index contributed by atoms with van der Waals surface area (Å²) in [7, 11) is 1.15. The van der Waals surface area contributed by atoms with E-state index in [4.69, 9.17) is 18.5 Å². The molecule has 0 fully saturated rings. The van der Waals surface area contributed by atoms with E-state index in [0.717, 1.165) is 70.6 Å². The van der Waals surface area contributed by atoms with Crippen LogP contribution in [0.1, 0.15) is 136 Å². The van der Waals surface area contributed by atoms with Gasteiger partial charge in [-0.25, -0.2) is 0 Å². The number of ether oxygens (including phenoxy) is 2. The van der Waals surface area contributed by atoms with Crippen molar-refractivity contribution in [1.82, 2.24) is 0 Å². The van der Waals surface area contributed by atoms with Crippen LogP contribution in [0.4, 0.5) is 0 Å². The fourth-order valence-electron chi connectivity index (χ4n) is 4.55. The van der Waals surface area contributed by atoms with Gasteiger partial charge < -0.3 is 27.9 Å². The Morgan fingerprint density at radius 1 is 0.681 bits per heavy atom. The van der Waals surface area contributed by atoms with Crippen molar-refractivity contribution in [3.05, 3.63) is 36.5 Å². The Kier molecular flexibility index (Phi) is 29.2. The average Bonchev–Trinajstić information content (AvgIpc) is 3.01. The number of nitrogens with zero attached hydrogens (tertiary/aromatic N) is 1. The normalized spacial score (nSPS) is 14.3. The zero-order valence-corrected chi connectivity index (χ0v) is 31.4. The van der Waals surface area contributed by atoms with E-state index in [1.807, 2.05) is 21.1 Å². The standard InChI is InChI=1S/C37H68NO8P/c1-6-8-10-12-14-16-17-18-19-20-21-22-24-26-28-30-37(40)46-35(34-45-47(41,42)44-32-31-38(3,4)5)33-43-36(39)29-27-25-23-15-13-11-9-7-2/h8,10,14,16,18-19,35H,6-7,9,11-13,15,17,20-34H2,1-5H3/b10-8+,16-14+,19-18+/t35-/m1/s1. The molecular formula is C37H68NO8P. The van der Waals surface area contributed by atoms with Gasteiger partial charge in [0.1, 0.15) is 19.8 Å². The van der Waals surface area contributed by atoms with Gasteiger partial charge in [-0.15, -0.1) is 0 Å². The van der Waals surface area contributed by atoms with Crippen LogP contribution in [0.2, 0.25) is 0 Å². The van der Waals surface area contributed by atoms with Crippen LogP contribution < -0.4 is 4.89 Å². The van der Waals surface area contributed by atoms with E-state index in [9.17, 15) is 19.0 Å². The van der Waals surface area contributed by atoms with Crippen LogP contribution in [0, 0.1) is 0 Å². The summed E-state index contributed by atoms with van der Waals surface area (Å²) >= 11 is 0. The zero-order chi connectivity index (χ0) is 35.1. The van der Waals surface area contributed by atoms with Gasteiger partial charge in [-0.1, -0.05) is 115 Å². The Labute approximate surface area is 287 Å². The summed E-state index contributed by atoms with van der Waals surface area (Å²) in [6.45, 7) is 4.03. The number of hydrogen-bond acceptors (Lipinski definition) is 8. The van der Waals surface area contributed by atoms with E-state index in [1.54, 1.807) is 0 Å². The second-order valence-electron chi connectivity index (χ2n) is 13.2. The summed E-state index contributed by atoms with van der Waals surface area (Å²) in [5.74, 6) is -0.863. The number of allylic oxidation sites excluding steroid dienone is 6. The van der Waals surface area contributed by atoms with Crippen molar-refractivity contribution in [2.45, 2.75) is 142 Å². The number of carbonyl (C=O) groups excluding carboxylic acids is 2. The molecule has 0 aromatic carbocycles. The Morgan fingerprint density at radius 2 is 1.21 bits per heavy atom. The van der Waals surface area contributed by atoms with Crippen LogP contribution in [-0.2, 0) is 32.7 Å². The maximum Gasteiger partial charge on any atom is 0.306 e. The third-order valence-corrected chi connectivity index (χ3v) is 8.39. The lowest BCUT2D eigenvalue weighted by atomic mass is 10.1. The lowest BCUT2D eigenvalue weighted by Gasteiger charge is -2.28. The third-order valence-electron chi connectivity index (χ3n) is 7.42. The molecule has 0 aliphatic heterocycles. The monoisotopic (exact) mass is 685 g/mol. The summed E-state index contributed by atoms with van der Waals surface area (Å²) < 4.78 is 33.6. The first-order valence-corrected chi connectivity index (χ1v) is 19.7. The molecule has 0 spiro atoms. The van der Waals surface area contributed by atoms with Gasteiger partial charge >= 0.3 is 11.9 Å². The number of phosphoric acid groups is 1. The Balaban J connectivity index is 4.48. The number of quaternary nitrogens is 1. The molecule has 0 radical (unpaired) electrons. The van der Waals surface area contributed by atoms with Crippen molar-refractivity contribution in [2.24, 2.45) is 0 Å². The van der Waals surface area contributed by atoms with Crippen molar-refractivity contribution >= 4 is 19.8 Å². The molecule has 0 amide bonds. The lowest BCUT2D eigenvalue weighted by molar-refractivity contribution is -0.870. The summed E-state index contributed by atoms with van der Waals surface area (Å²) in [5, 5.41) is 0. The number of hydrogen-bond donors (Lipinski definition) is 0. The van der Waals surface area contributed by atoms with Crippen LogP contribution >= 0.6 is 7.82 Å². The Hall–Kier alpha value is -1.77. The van der Waals surface area contributed by atoms with Crippen LogP contribution in [0.15, 0.2) is 36.5 Å². The molecule has 10 heteroatoms. The minimum Gasteiger partial charge on any atom is -0.756 e. The Morgan fingerprint density at radius 3 is 1.81 bits per heavy atom. The predicted molar refractivity (Wildman–Crippen MR) is 190 cm³/mol. The van der Waals surface area contributed by atoms with Crippen LogP contribution in [0.3, 0.4) is 0 Å². The number of likely N-dealkylation sites (N-methyl/N-ethyl adjacent to an activating group) is 1. The van der Waals surface area contributed by atoms with Crippen LogP contribution in [0.5, 0.6) is 0 Å². The van der Waals surface area contributed by atoms with E-state index in [0.29, 0.717) is 17.4 Å².